The average molecular weight is 614 g/mol. The summed E-state index contributed by atoms with van der Waals surface area (Å²) in [5.74, 6) is 3.14. The smallest absolute Gasteiger partial charge is 0.337 e. The zero-order chi connectivity index (χ0) is 31.0. The van der Waals surface area contributed by atoms with Crippen LogP contribution in [0.4, 0.5) is 0 Å². The fourth-order valence-corrected chi connectivity index (χ4v) is 9.87. The molecule has 6 aliphatic rings. The van der Waals surface area contributed by atoms with Gasteiger partial charge in [-0.2, -0.15) is 0 Å². The fraction of sp³-hybridized carbons (Fsp3) is 0.595. The number of esters is 1. The van der Waals surface area contributed by atoms with Crippen molar-refractivity contribution in [1.82, 2.24) is 15.1 Å². The lowest BCUT2D eigenvalue weighted by molar-refractivity contribution is -0.135. The van der Waals surface area contributed by atoms with E-state index in [4.69, 9.17) is 9.47 Å². The minimum Gasteiger partial charge on any atom is -0.489 e. The molecule has 8 nitrogen and oxygen atoms in total. The van der Waals surface area contributed by atoms with Crippen molar-refractivity contribution in [2.75, 3.05) is 39.8 Å². The van der Waals surface area contributed by atoms with Crippen molar-refractivity contribution in [3.05, 3.63) is 65.2 Å². The molecule has 2 saturated heterocycles. The first kappa shape index (κ1) is 30.3. The molecule has 2 heterocycles. The van der Waals surface area contributed by atoms with Crippen LogP contribution in [0, 0.1) is 28.6 Å². The number of benzene rings is 2. The lowest BCUT2D eigenvalue weighted by Crippen LogP contribution is -2.48. The van der Waals surface area contributed by atoms with Gasteiger partial charge < -0.3 is 19.7 Å². The molecule has 240 valence electrons. The van der Waals surface area contributed by atoms with Crippen molar-refractivity contribution in [1.29, 1.82) is 0 Å². The molecule has 2 aromatic rings. The van der Waals surface area contributed by atoms with Crippen molar-refractivity contribution in [3.8, 4) is 5.75 Å². The molecule has 2 aromatic carbocycles. The van der Waals surface area contributed by atoms with Gasteiger partial charge in [0, 0.05) is 43.6 Å². The first-order valence-electron chi connectivity index (χ1n) is 16.9. The van der Waals surface area contributed by atoms with E-state index in [1.54, 1.807) is 12.1 Å². The molecule has 8 rings (SSSR count). The summed E-state index contributed by atoms with van der Waals surface area (Å²) in [4.78, 5) is 42.4. The Balaban J connectivity index is 0.875. The number of para-hydroxylation sites is 1. The van der Waals surface area contributed by atoms with Gasteiger partial charge in [0.1, 0.15) is 12.4 Å². The largest absolute Gasteiger partial charge is 0.489 e. The Kier molecular flexibility index (Phi) is 8.36. The summed E-state index contributed by atoms with van der Waals surface area (Å²) in [7, 11) is 1.38. The maximum atomic E-state index is 13.2. The number of hydrogen-bond acceptors (Lipinski definition) is 6. The normalized spacial score (nSPS) is 30.2. The van der Waals surface area contributed by atoms with E-state index in [1.807, 2.05) is 35.2 Å². The second kappa shape index (κ2) is 12.4. The highest BCUT2D eigenvalue weighted by molar-refractivity contribution is 5.89. The number of rotatable bonds is 10. The van der Waals surface area contributed by atoms with Crippen LogP contribution in [0.5, 0.6) is 5.75 Å². The van der Waals surface area contributed by atoms with E-state index in [0.29, 0.717) is 18.6 Å². The Hall–Kier alpha value is -3.39. The van der Waals surface area contributed by atoms with Gasteiger partial charge in [-0.3, -0.25) is 14.5 Å². The molecule has 1 spiro atoms. The van der Waals surface area contributed by atoms with Crippen molar-refractivity contribution >= 4 is 17.8 Å². The van der Waals surface area contributed by atoms with Crippen LogP contribution in [-0.2, 0) is 27.5 Å². The van der Waals surface area contributed by atoms with Crippen molar-refractivity contribution < 1.29 is 23.9 Å². The van der Waals surface area contributed by atoms with E-state index in [-0.39, 0.29) is 35.2 Å². The molecule has 1 atom stereocenters. The van der Waals surface area contributed by atoms with Gasteiger partial charge in [0.15, 0.2) is 0 Å². The van der Waals surface area contributed by atoms with Crippen molar-refractivity contribution in [3.63, 3.8) is 0 Å². The molecule has 8 heteroatoms. The van der Waals surface area contributed by atoms with E-state index >= 15 is 0 Å². The highest BCUT2D eigenvalue weighted by Gasteiger charge is 2.51. The summed E-state index contributed by atoms with van der Waals surface area (Å²) in [5.41, 5.74) is 2.98. The highest BCUT2D eigenvalue weighted by Crippen LogP contribution is 2.61. The number of amides is 2. The van der Waals surface area contributed by atoms with Crippen LogP contribution in [0.2, 0.25) is 0 Å². The van der Waals surface area contributed by atoms with Gasteiger partial charge in [-0.05, 0) is 105 Å². The number of nitrogens with zero attached hydrogens (tertiary/aromatic N) is 2. The quantitative estimate of drug-likeness (QED) is 0.371. The molecule has 1 N–H and O–H groups in total. The van der Waals surface area contributed by atoms with Gasteiger partial charge in [-0.1, -0.05) is 30.3 Å². The maximum absolute atomic E-state index is 13.2. The van der Waals surface area contributed by atoms with E-state index in [1.165, 1.54) is 45.6 Å². The van der Waals surface area contributed by atoms with Crippen LogP contribution in [0.15, 0.2) is 48.5 Å². The van der Waals surface area contributed by atoms with Crippen LogP contribution in [0.1, 0.15) is 79.3 Å². The fourth-order valence-electron chi connectivity index (χ4n) is 9.87. The zero-order valence-corrected chi connectivity index (χ0v) is 26.6. The van der Waals surface area contributed by atoms with Crippen LogP contribution in [0.25, 0.3) is 0 Å². The van der Waals surface area contributed by atoms with Gasteiger partial charge in [-0.25, -0.2) is 4.79 Å². The van der Waals surface area contributed by atoms with E-state index in [0.717, 1.165) is 80.2 Å². The Morgan fingerprint density at radius 3 is 2.29 bits per heavy atom. The first-order chi connectivity index (χ1) is 21.8. The van der Waals surface area contributed by atoms with Gasteiger partial charge in [0.2, 0.25) is 11.8 Å². The van der Waals surface area contributed by atoms with Crippen LogP contribution in [0.3, 0.4) is 0 Å². The van der Waals surface area contributed by atoms with Gasteiger partial charge >= 0.3 is 5.97 Å². The first-order valence-corrected chi connectivity index (χ1v) is 16.9. The summed E-state index contributed by atoms with van der Waals surface area (Å²) in [6.45, 7) is 4.83. The molecule has 2 amide bonds. The van der Waals surface area contributed by atoms with Gasteiger partial charge in [0.25, 0.3) is 0 Å². The Morgan fingerprint density at radius 1 is 0.889 bits per heavy atom. The summed E-state index contributed by atoms with van der Waals surface area (Å²) in [6.07, 6.45) is 10.5. The Morgan fingerprint density at radius 2 is 1.58 bits per heavy atom. The molecule has 6 fully saturated rings. The van der Waals surface area contributed by atoms with Gasteiger partial charge in [0.05, 0.1) is 19.2 Å². The topological polar surface area (TPSA) is 88.2 Å². The zero-order valence-electron chi connectivity index (χ0n) is 26.6. The number of ether oxygens (including phenoxy) is 2. The highest BCUT2D eigenvalue weighted by atomic mass is 16.5. The number of methoxy groups -OCH3 is 1. The molecular formula is C37H47N3O5. The molecule has 4 saturated carbocycles. The molecule has 0 aromatic heterocycles. The molecule has 4 bridgehead atoms. The Bertz CT molecular complexity index is 1390. The van der Waals surface area contributed by atoms with Gasteiger partial charge in [-0.15, -0.1) is 0 Å². The van der Waals surface area contributed by atoms with E-state index in [2.05, 4.69) is 16.3 Å². The number of nitrogens with one attached hydrogen (secondary N) is 1. The number of carbonyl (C=O) groups is 3. The second-order valence-corrected chi connectivity index (χ2v) is 15.0. The Labute approximate surface area is 266 Å². The summed E-state index contributed by atoms with van der Waals surface area (Å²) in [5, 5.41) is 3.02. The van der Waals surface area contributed by atoms with Crippen molar-refractivity contribution in [2.24, 2.45) is 28.6 Å². The number of hydrogen-bond donors (Lipinski definition) is 1. The molecule has 1 unspecified atom stereocenters. The predicted octanol–water partition coefficient (Wildman–Crippen LogP) is 5.20. The lowest BCUT2D eigenvalue weighted by atomic mass is 9.49. The summed E-state index contributed by atoms with van der Waals surface area (Å²) >= 11 is 0. The molecular weight excluding hydrogens is 566 g/mol. The predicted molar refractivity (Wildman–Crippen MR) is 170 cm³/mol. The van der Waals surface area contributed by atoms with Crippen LogP contribution < -0.4 is 10.1 Å². The summed E-state index contributed by atoms with van der Waals surface area (Å²) < 4.78 is 11.0. The maximum Gasteiger partial charge on any atom is 0.337 e. The second-order valence-electron chi connectivity index (χ2n) is 15.0. The third-order valence-corrected chi connectivity index (χ3v) is 11.6. The number of likely N-dealkylation sites (tertiary alicyclic amines) is 2. The molecule has 4 aliphatic carbocycles. The molecule has 0 radical (unpaired) electrons. The van der Waals surface area contributed by atoms with Crippen LogP contribution >= 0.6 is 0 Å². The van der Waals surface area contributed by atoms with E-state index < -0.39 is 0 Å². The van der Waals surface area contributed by atoms with Crippen molar-refractivity contribution in [2.45, 2.75) is 70.9 Å². The third-order valence-electron chi connectivity index (χ3n) is 11.6. The molecule has 2 aliphatic heterocycles. The third kappa shape index (κ3) is 6.62. The minimum absolute atomic E-state index is 0.0579. The summed E-state index contributed by atoms with van der Waals surface area (Å²) in [6, 6.07) is 15.5. The number of carbonyl (C=O) groups excluding carboxylic acids is 3. The molecule has 45 heavy (non-hydrogen) atoms. The van der Waals surface area contributed by atoms with E-state index in [9.17, 15) is 14.4 Å². The monoisotopic (exact) mass is 613 g/mol. The SMILES string of the molecule is COC(=O)c1ccc(COc2ccccc2CN2CCC3(CCN(C(=O)CNC(=O)CC45CC6CC(CC(C6)C4)C5)C3)C2)cc1. The van der Waals surface area contributed by atoms with Crippen LogP contribution in [-0.4, -0.2) is 67.4 Å². The lowest BCUT2D eigenvalue weighted by Gasteiger charge is -2.56. The standard InChI is InChI=1S/C37H47N3O5/c1-44-35(43)30-8-6-26(7-9-30)23-45-32-5-3-2-4-31(32)22-39-12-10-36(24-39)11-13-40(25-36)34(42)21-38-33(41)20-37-17-27-14-28(18-37)16-29(15-27)19-37/h2-9,27-29H,10-25H2,1H3,(H,38,41). The average Bonchev–Trinajstić information content (AvgIpc) is 3.64. The minimum atomic E-state index is -0.347.